The Labute approximate surface area is 151 Å². The van der Waals surface area contributed by atoms with Crippen LogP contribution >= 0.6 is 0 Å². The Bertz CT molecular complexity index is 866. The molecule has 136 valence electrons. The van der Waals surface area contributed by atoms with E-state index in [0.29, 0.717) is 6.61 Å². The van der Waals surface area contributed by atoms with Crippen LogP contribution in [0.4, 0.5) is 4.79 Å². The lowest BCUT2D eigenvalue weighted by atomic mass is 9.63. The van der Waals surface area contributed by atoms with Crippen molar-refractivity contribution in [2.24, 2.45) is 5.41 Å². The number of H-pyrrole nitrogens is 1. The van der Waals surface area contributed by atoms with Crippen molar-refractivity contribution in [2.45, 2.75) is 38.2 Å². The first-order chi connectivity index (χ1) is 12.6. The number of aromatic amines is 1. The molecule has 26 heavy (non-hydrogen) atoms. The molecule has 0 atom stereocenters. The van der Waals surface area contributed by atoms with E-state index >= 15 is 0 Å². The van der Waals surface area contributed by atoms with Crippen LogP contribution in [-0.2, 0) is 15.0 Å². The Kier molecular flexibility index (Phi) is 3.40. The first kappa shape index (κ1) is 16.1. The summed E-state index contributed by atoms with van der Waals surface area (Å²) in [7, 11) is -0.914. The summed E-state index contributed by atoms with van der Waals surface area (Å²) in [6.45, 7) is 3.75. The normalized spacial score (nSPS) is 22.7. The summed E-state index contributed by atoms with van der Waals surface area (Å²) in [6, 6.07) is 2.01. The highest BCUT2D eigenvalue weighted by Gasteiger charge is 2.56. The van der Waals surface area contributed by atoms with Gasteiger partial charge in [0.05, 0.1) is 12.2 Å². The van der Waals surface area contributed by atoms with Crippen molar-refractivity contribution in [2.75, 3.05) is 19.7 Å². The minimum atomic E-state index is -0.914. The molecule has 3 aliphatic rings. The minimum absolute atomic E-state index is 0.166. The standard InChI is InChI=1S/C18H22BN3O4/c1-2-25-16(23)22-10-17(11-22)4-6-18(7-5-17)14-12-3-8-20-15(12)21-9-13(14)19(24)26-18/h3,8-9,24H,2,4-7,10-11H2,1H3,(H,20,21). The number of hydrogen-bond acceptors (Lipinski definition) is 5. The predicted octanol–water partition coefficient (Wildman–Crippen LogP) is 1.51. The largest absolute Gasteiger partial charge is 0.493 e. The van der Waals surface area contributed by atoms with Crippen LogP contribution in [0.5, 0.6) is 0 Å². The summed E-state index contributed by atoms with van der Waals surface area (Å²) in [5, 5.41) is 11.5. The fourth-order valence-electron chi connectivity index (χ4n) is 5.03. The average molecular weight is 355 g/mol. The second kappa shape index (κ2) is 5.47. The highest BCUT2D eigenvalue weighted by molar-refractivity contribution is 6.62. The highest BCUT2D eigenvalue weighted by atomic mass is 16.6. The molecule has 5 rings (SSSR count). The number of fused-ring (bicyclic) bond motifs is 4. The lowest BCUT2D eigenvalue weighted by Crippen LogP contribution is -2.60. The quantitative estimate of drug-likeness (QED) is 0.758. The third-order valence-electron chi connectivity index (χ3n) is 6.37. The van der Waals surface area contributed by atoms with Gasteiger partial charge in [-0.05, 0) is 44.2 Å². The van der Waals surface area contributed by atoms with Gasteiger partial charge in [-0.2, -0.15) is 0 Å². The fourth-order valence-corrected chi connectivity index (χ4v) is 5.03. The summed E-state index contributed by atoms with van der Waals surface area (Å²) < 4.78 is 11.2. The number of carbonyl (C=O) groups is 1. The molecule has 2 aromatic heterocycles. The maximum atomic E-state index is 11.9. The zero-order chi connectivity index (χ0) is 17.9. The van der Waals surface area contributed by atoms with Gasteiger partial charge in [-0.15, -0.1) is 0 Å². The minimum Gasteiger partial charge on any atom is -0.450 e. The third-order valence-corrected chi connectivity index (χ3v) is 6.37. The van der Waals surface area contributed by atoms with Gasteiger partial charge in [-0.25, -0.2) is 9.78 Å². The molecule has 7 nitrogen and oxygen atoms in total. The van der Waals surface area contributed by atoms with Gasteiger partial charge < -0.3 is 24.3 Å². The molecule has 1 saturated heterocycles. The van der Waals surface area contributed by atoms with Crippen molar-refractivity contribution in [3.8, 4) is 0 Å². The first-order valence-corrected chi connectivity index (χ1v) is 9.30. The Balaban J connectivity index is 1.38. The summed E-state index contributed by atoms with van der Waals surface area (Å²) in [5.41, 5.74) is 2.42. The van der Waals surface area contributed by atoms with Gasteiger partial charge in [0.15, 0.2) is 0 Å². The van der Waals surface area contributed by atoms with Crippen LogP contribution in [-0.4, -0.2) is 52.8 Å². The highest BCUT2D eigenvalue weighted by Crippen LogP contribution is 2.53. The number of pyridine rings is 1. The Morgan fingerprint density at radius 3 is 2.92 bits per heavy atom. The van der Waals surface area contributed by atoms with E-state index in [1.54, 1.807) is 11.1 Å². The number of likely N-dealkylation sites (tertiary alicyclic amines) is 1. The molecule has 2 N–H and O–H groups in total. The predicted molar refractivity (Wildman–Crippen MR) is 96.0 cm³/mol. The van der Waals surface area contributed by atoms with Crippen molar-refractivity contribution >= 4 is 29.7 Å². The number of nitrogens with zero attached hydrogens (tertiary/aromatic N) is 2. The lowest BCUT2D eigenvalue weighted by Gasteiger charge is -2.54. The van der Waals surface area contributed by atoms with E-state index in [-0.39, 0.29) is 11.5 Å². The molecule has 0 unspecified atom stereocenters. The molecule has 4 heterocycles. The van der Waals surface area contributed by atoms with Gasteiger partial charge in [0.2, 0.25) is 0 Å². The van der Waals surface area contributed by atoms with Crippen molar-refractivity contribution in [3.63, 3.8) is 0 Å². The van der Waals surface area contributed by atoms with Gasteiger partial charge in [-0.1, -0.05) is 0 Å². The number of ether oxygens (including phenoxy) is 1. The summed E-state index contributed by atoms with van der Waals surface area (Å²) in [5.74, 6) is 0. The molecule has 2 aliphatic heterocycles. The Morgan fingerprint density at radius 2 is 2.19 bits per heavy atom. The zero-order valence-corrected chi connectivity index (χ0v) is 14.8. The molecule has 2 fully saturated rings. The van der Waals surface area contributed by atoms with E-state index < -0.39 is 12.7 Å². The SMILES string of the molecule is CCOC(=O)N1CC2(CCC3(CC2)OB(O)c2cnc4[nH]ccc4c23)C1. The van der Waals surface area contributed by atoms with Gasteiger partial charge in [0, 0.05) is 41.7 Å². The van der Waals surface area contributed by atoms with E-state index in [9.17, 15) is 9.82 Å². The van der Waals surface area contributed by atoms with Gasteiger partial charge in [-0.3, -0.25) is 0 Å². The molecule has 0 bridgehead atoms. The van der Waals surface area contributed by atoms with Crippen LogP contribution < -0.4 is 5.46 Å². The zero-order valence-electron chi connectivity index (χ0n) is 14.8. The third kappa shape index (κ3) is 2.15. The van der Waals surface area contributed by atoms with Crippen LogP contribution in [0.25, 0.3) is 11.0 Å². The number of aromatic nitrogens is 2. The molecular weight excluding hydrogens is 333 g/mol. The van der Waals surface area contributed by atoms with E-state index in [0.717, 1.165) is 60.8 Å². The molecule has 1 amide bonds. The lowest BCUT2D eigenvalue weighted by molar-refractivity contribution is -0.0789. The van der Waals surface area contributed by atoms with Crippen LogP contribution in [0.3, 0.4) is 0 Å². The van der Waals surface area contributed by atoms with Crippen LogP contribution in [0.1, 0.15) is 38.2 Å². The molecule has 2 aromatic rings. The summed E-state index contributed by atoms with van der Waals surface area (Å²) in [6.07, 6.45) is 7.03. The molecule has 1 aliphatic carbocycles. The van der Waals surface area contributed by atoms with E-state index in [1.165, 1.54) is 0 Å². The second-order valence-corrected chi connectivity index (χ2v) is 7.85. The van der Waals surface area contributed by atoms with Gasteiger partial charge in [0.25, 0.3) is 0 Å². The van der Waals surface area contributed by atoms with Gasteiger partial charge >= 0.3 is 13.2 Å². The topological polar surface area (TPSA) is 87.7 Å². The maximum absolute atomic E-state index is 11.9. The molecule has 0 radical (unpaired) electrons. The van der Waals surface area contributed by atoms with Crippen molar-refractivity contribution in [1.82, 2.24) is 14.9 Å². The molecular formula is C18H22BN3O4. The number of rotatable bonds is 1. The van der Waals surface area contributed by atoms with E-state index in [2.05, 4.69) is 9.97 Å². The summed E-state index contributed by atoms with van der Waals surface area (Å²) in [4.78, 5) is 21.2. The second-order valence-electron chi connectivity index (χ2n) is 7.85. The number of amides is 1. The van der Waals surface area contributed by atoms with Crippen molar-refractivity contribution < 1.29 is 19.2 Å². The summed E-state index contributed by atoms with van der Waals surface area (Å²) >= 11 is 0. The Morgan fingerprint density at radius 1 is 1.42 bits per heavy atom. The molecule has 0 aromatic carbocycles. The number of hydrogen-bond donors (Lipinski definition) is 2. The Hall–Kier alpha value is -2.06. The maximum Gasteiger partial charge on any atom is 0.493 e. The molecule has 2 spiro atoms. The monoisotopic (exact) mass is 355 g/mol. The van der Waals surface area contributed by atoms with Gasteiger partial charge in [0.1, 0.15) is 5.65 Å². The molecule has 1 saturated carbocycles. The van der Waals surface area contributed by atoms with E-state index in [4.69, 9.17) is 9.39 Å². The van der Waals surface area contributed by atoms with Crippen LogP contribution in [0.2, 0.25) is 0 Å². The van der Waals surface area contributed by atoms with Crippen LogP contribution in [0.15, 0.2) is 18.5 Å². The number of carbonyl (C=O) groups excluding carboxylic acids is 1. The average Bonchev–Trinajstić information content (AvgIpc) is 3.17. The first-order valence-electron chi connectivity index (χ1n) is 9.30. The molecule has 8 heteroatoms. The number of nitrogens with one attached hydrogen (secondary N) is 1. The van der Waals surface area contributed by atoms with Crippen LogP contribution in [0, 0.1) is 5.41 Å². The van der Waals surface area contributed by atoms with E-state index in [1.807, 2.05) is 19.2 Å². The smallest absolute Gasteiger partial charge is 0.450 e. The van der Waals surface area contributed by atoms with Crippen molar-refractivity contribution in [3.05, 3.63) is 24.0 Å². The van der Waals surface area contributed by atoms with Crippen molar-refractivity contribution in [1.29, 1.82) is 0 Å². The fraction of sp³-hybridized carbons (Fsp3) is 0.556.